The van der Waals surface area contributed by atoms with E-state index >= 15 is 0 Å². The number of amides is 1. The summed E-state index contributed by atoms with van der Waals surface area (Å²) in [6.45, 7) is 1.59. The third-order valence-corrected chi connectivity index (χ3v) is 5.83. The lowest BCUT2D eigenvalue weighted by Crippen LogP contribution is -2.33. The quantitative estimate of drug-likeness (QED) is 0.454. The molecule has 4 aromatic rings. The Bertz CT molecular complexity index is 1340. The first-order valence-corrected chi connectivity index (χ1v) is 10.3. The number of alkyl halides is 3. The van der Waals surface area contributed by atoms with E-state index in [0.29, 0.717) is 5.01 Å². The molecule has 0 aliphatic carbocycles. The van der Waals surface area contributed by atoms with Gasteiger partial charge in [-0.2, -0.15) is 18.3 Å². The summed E-state index contributed by atoms with van der Waals surface area (Å²) in [5.41, 5.74) is -1.33. The van der Waals surface area contributed by atoms with Crippen LogP contribution in [-0.2, 0) is 12.7 Å². The number of para-hydroxylation sites is 2. The molecular formula is C22H17F3N4O2S. The fourth-order valence-corrected chi connectivity index (χ4v) is 4.30. The number of benzene rings is 2. The molecule has 0 radical (unpaired) electrons. The third kappa shape index (κ3) is 4.13. The molecule has 0 bridgehead atoms. The Hall–Kier alpha value is -3.53. The SMILES string of the molecule is Cc1cc(=O)c(C(=O)N(C)Cc2nc3ccccc3s2)nn1-c1ccccc1C(F)(F)F. The molecule has 0 atom stereocenters. The Kier molecular flexibility index (Phi) is 5.55. The molecule has 2 heterocycles. The molecule has 0 fully saturated rings. The van der Waals surface area contributed by atoms with E-state index in [-0.39, 0.29) is 17.9 Å². The van der Waals surface area contributed by atoms with Crippen LogP contribution in [0.5, 0.6) is 0 Å². The lowest BCUT2D eigenvalue weighted by atomic mass is 10.1. The first-order chi connectivity index (χ1) is 15.1. The number of carbonyl (C=O) groups excluding carboxylic acids is 1. The second-order valence-electron chi connectivity index (χ2n) is 7.16. The summed E-state index contributed by atoms with van der Waals surface area (Å²) >= 11 is 1.42. The molecule has 0 spiro atoms. The van der Waals surface area contributed by atoms with Crippen molar-refractivity contribution >= 4 is 27.5 Å². The minimum absolute atomic E-state index is 0.131. The number of halogens is 3. The highest BCUT2D eigenvalue weighted by molar-refractivity contribution is 7.18. The maximum absolute atomic E-state index is 13.5. The van der Waals surface area contributed by atoms with Crippen molar-refractivity contribution < 1.29 is 18.0 Å². The zero-order valence-corrected chi connectivity index (χ0v) is 17.9. The highest BCUT2D eigenvalue weighted by atomic mass is 32.1. The van der Waals surface area contributed by atoms with Crippen molar-refractivity contribution in [1.29, 1.82) is 0 Å². The number of rotatable bonds is 4. The van der Waals surface area contributed by atoms with Crippen molar-refractivity contribution in [3.63, 3.8) is 0 Å². The normalized spacial score (nSPS) is 11.7. The van der Waals surface area contributed by atoms with E-state index in [1.54, 1.807) is 0 Å². The van der Waals surface area contributed by atoms with Gasteiger partial charge in [0.1, 0.15) is 5.01 Å². The van der Waals surface area contributed by atoms with Crippen LogP contribution < -0.4 is 5.43 Å². The van der Waals surface area contributed by atoms with Crippen LogP contribution in [0.4, 0.5) is 13.2 Å². The molecule has 6 nitrogen and oxygen atoms in total. The molecular weight excluding hydrogens is 441 g/mol. The molecule has 4 rings (SSSR count). The van der Waals surface area contributed by atoms with Gasteiger partial charge in [0.15, 0.2) is 5.69 Å². The van der Waals surface area contributed by atoms with Crippen LogP contribution in [0.1, 0.15) is 26.8 Å². The van der Waals surface area contributed by atoms with Gasteiger partial charge in [-0.05, 0) is 31.2 Å². The summed E-state index contributed by atoms with van der Waals surface area (Å²) in [5.74, 6) is -0.701. The van der Waals surface area contributed by atoms with Crippen LogP contribution in [0, 0.1) is 6.92 Å². The van der Waals surface area contributed by atoms with Gasteiger partial charge >= 0.3 is 6.18 Å². The number of fused-ring (bicyclic) bond motifs is 1. The number of hydrogen-bond acceptors (Lipinski definition) is 5. The van der Waals surface area contributed by atoms with Gasteiger partial charge in [0.25, 0.3) is 5.91 Å². The number of aromatic nitrogens is 3. The lowest BCUT2D eigenvalue weighted by Gasteiger charge is -2.18. The monoisotopic (exact) mass is 458 g/mol. The molecule has 164 valence electrons. The Balaban J connectivity index is 1.70. The van der Waals surface area contributed by atoms with Crippen LogP contribution in [0.25, 0.3) is 15.9 Å². The summed E-state index contributed by atoms with van der Waals surface area (Å²) in [4.78, 5) is 31.2. The zero-order chi connectivity index (χ0) is 23.0. The Labute approximate surface area is 184 Å². The minimum Gasteiger partial charge on any atom is -0.333 e. The zero-order valence-electron chi connectivity index (χ0n) is 17.1. The molecule has 0 N–H and O–H groups in total. The van der Waals surface area contributed by atoms with Gasteiger partial charge in [-0.25, -0.2) is 9.67 Å². The second kappa shape index (κ2) is 8.19. The van der Waals surface area contributed by atoms with E-state index in [1.807, 2.05) is 24.3 Å². The predicted octanol–water partition coefficient (Wildman–Crippen LogP) is 4.44. The Morgan fingerprint density at radius 2 is 1.81 bits per heavy atom. The van der Waals surface area contributed by atoms with E-state index in [9.17, 15) is 22.8 Å². The Morgan fingerprint density at radius 3 is 2.53 bits per heavy atom. The average molecular weight is 458 g/mol. The van der Waals surface area contributed by atoms with Crippen molar-refractivity contribution in [3.8, 4) is 5.69 Å². The van der Waals surface area contributed by atoms with Crippen LogP contribution in [-0.4, -0.2) is 32.6 Å². The number of thiazole rings is 1. The van der Waals surface area contributed by atoms with Gasteiger partial charge < -0.3 is 4.90 Å². The average Bonchev–Trinajstić information content (AvgIpc) is 3.15. The van der Waals surface area contributed by atoms with E-state index < -0.39 is 28.8 Å². The highest BCUT2D eigenvalue weighted by Gasteiger charge is 2.34. The molecule has 0 unspecified atom stereocenters. The second-order valence-corrected chi connectivity index (χ2v) is 8.28. The summed E-state index contributed by atoms with van der Waals surface area (Å²) < 4.78 is 42.4. The third-order valence-electron chi connectivity index (χ3n) is 4.80. The molecule has 32 heavy (non-hydrogen) atoms. The fraction of sp³-hybridized carbons (Fsp3) is 0.182. The van der Waals surface area contributed by atoms with Gasteiger partial charge in [0.2, 0.25) is 5.43 Å². The first-order valence-electron chi connectivity index (χ1n) is 9.52. The van der Waals surface area contributed by atoms with Crippen LogP contribution >= 0.6 is 11.3 Å². The van der Waals surface area contributed by atoms with Crippen molar-refractivity contribution in [2.75, 3.05) is 7.05 Å². The molecule has 2 aromatic heterocycles. The van der Waals surface area contributed by atoms with Gasteiger partial charge in [-0.15, -0.1) is 11.3 Å². The van der Waals surface area contributed by atoms with Crippen molar-refractivity contribution in [1.82, 2.24) is 19.7 Å². The standard InChI is InChI=1S/C22H17F3N4O2S/c1-13-11-17(30)20(27-29(13)16-9-5-3-7-14(16)22(23,24)25)21(31)28(2)12-19-26-15-8-4-6-10-18(15)32-19/h3-11H,12H2,1-2H3. The van der Waals surface area contributed by atoms with Gasteiger partial charge in [0, 0.05) is 18.8 Å². The van der Waals surface area contributed by atoms with Crippen molar-refractivity contribution in [3.05, 3.63) is 86.8 Å². The molecule has 0 saturated heterocycles. The van der Waals surface area contributed by atoms with Gasteiger partial charge in [-0.3, -0.25) is 9.59 Å². The number of hydrogen-bond donors (Lipinski definition) is 0. The maximum Gasteiger partial charge on any atom is 0.418 e. The highest BCUT2D eigenvalue weighted by Crippen LogP contribution is 2.33. The van der Waals surface area contributed by atoms with E-state index in [4.69, 9.17) is 0 Å². The molecule has 0 aliphatic heterocycles. The lowest BCUT2D eigenvalue weighted by molar-refractivity contribution is -0.137. The molecule has 2 aromatic carbocycles. The van der Waals surface area contributed by atoms with Crippen LogP contribution in [0.3, 0.4) is 0 Å². The smallest absolute Gasteiger partial charge is 0.333 e. The van der Waals surface area contributed by atoms with E-state index in [2.05, 4.69) is 10.1 Å². The largest absolute Gasteiger partial charge is 0.418 e. The van der Waals surface area contributed by atoms with Crippen molar-refractivity contribution in [2.24, 2.45) is 0 Å². The molecule has 0 saturated carbocycles. The predicted molar refractivity (Wildman–Crippen MR) is 115 cm³/mol. The summed E-state index contributed by atoms with van der Waals surface area (Å²) in [6, 6.07) is 13.5. The summed E-state index contributed by atoms with van der Waals surface area (Å²) in [6.07, 6.45) is -4.62. The van der Waals surface area contributed by atoms with Crippen LogP contribution in [0.2, 0.25) is 0 Å². The number of carbonyl (C=O) groups is 1. The van der Waals surface area contributed by atoms with Gasteiger partial charge in [0.05, 0.1) is 28.0 Å². The maximum atomic E-state index is 13.5. The molecule has 0 aliphatic rings. The van der Waals surface area contributed by atoms with E-state index in [0.717, 1.165) is 27.0 Å². The Morgan fingerprint density at radius 1 is 1.12 bits per heavy atom. The first kappa shape index (κ1) is 21.7. The fourth-order valence-electron chi connectivity index (χ4n) is 3.28. The van der Waals surface area contributed by atoms with Crippen molar-refractivity contribution in [2.45, 2.75) is 19.6 Å². The molecule has 10 heteroatoms. The van der Waals surface area contributed by atoms with E-state index in [1.165, 1.54) is 48.4 Å². The number of aryl methyl sites for hydroxylation is 1. The van der Waals surface area contributed by atoms with Gasteiger partial charge in [-0.1, -0.05) is 24.3 Å². The summed E-state index contributed by atoms with van der Waals surface area (Å²) in [5, 5.41) is 4.68. The molecule has 1 amide bonds. The number of nitrogens with zero attached hydrogens (tertiary/aromatic N) is 4. The summed E-state index contributed by atoms with van der Waals surface area (Å²) in [7, 11) is 1.49. The minimum atomic E-state index is -4.62. The van der Waals surface area contributed by atoms with Crippen LogP contribution in [0.15, 0.2) is 59.4 Å². The topological polar surface area (TPSA) is 68.1 Å².